The van der Waals surface area contributed by atoms with E-state index in [-0.39, 0.29) is 0 Å². The highest BCUT2D eigenvalue weighted by molar-refractivity contribution is 4.78. The monoisotopic (exact) mass is 276 g/mol. The van der Waals surface area contributed by atoms with Gasteiger partial charge in [0.25, 0.3) is 0 Å². The highest BCUT2D eigenvalue weighted by atomic mass is 16.5. The normalized spacial score (nSPS) is 14.8. The third kappa shape index (κ3) is 8.55. The molecule has 2 N–H and O–H groups in total. The van der Waals surface area contributed by atoms with Crippen molar-refractivity contribution >= 4 is 0 Å². The van der Waals surface area contributed by atoms with Gasteiger partial charge < -0.3 is 19.9 Å². The van der Waals surface area contributed by atoms with E-state index >= 15 is 0 Å². The van der Waals surface area contributed by atoms with Gasteiger partial charge in [0.05, 0.1) is 19.8 Å². The first-order valence-electron chi connectivity index (χ1n) is 7.29. The molecule has 0 fully saturated rings. The Morgan fingerprint density at radius 2 is 1.58 bits per heavy atom. The van der Waals surface area contributed by atoms with Gasteiger partial charge in [0.1, 0.15) is 0 Å². The van der Waals surface area contributed by atoms with E-state index in [1.807, 2.05) is 13.8 Å². The van der Waals surface area contributed by atoms with E-state index in [4.69, 9.17) is 19.9 Å². The Kier molecular flexibility index (Phi) is 12.7. The molecule has 116 valence electrons. The van der Waals surface area contributed by atoms with Crippen LogP contribution in [0.25, 0.3) is 0 Å². The summed E-state index contributed by atoms with van der Waals surface area (Å²) >= 11 is 0. The van der Waals surface area contributed by atoms with Gasteiger partial charge in [-0.15, -0.1) is 0 Å². The fraction of sp³-hybridized carbons (Fsp3) is 1.00. The van der Waals surface area contributed by atoms with Crippen LogP contribution in [0.4, 0.5) is 0 Å². The zero-order valence-corrected chi connectivity index (χ0v) is 13.1. The van der Waals surface area contributed by atoms with Crippen molar-refractivity contribution in [3.05, 3.63) is 0 Å². The smallest absolute Gasteiger partial charge is 0.0593 e. The molecule has 0 aliphatic rings. The maximum absolute atomic E-state index is 5.93. The number of hydrogen-bond donors (Lipinski definition) is 1. The van der Waals surface area contributed by atoms with Gasteiger partial charge in [-0.1, -0.05) is 6.92 Å². The minimum absolute atomic E-state index is 0.306. The van der Waals surface area contributed by atoms with Crippen LogP contribution in [0.2, 0.25) is 0 Å². The van der Waals surface area contributed by atoms with Crippen LogP contribution in [0.1, 0.15) is 20.8 Å². The molecule has 0 saturated heterocycles. The number of rotatable bonds is 13. The molecule has 2 atom stereocenters. The van der Waals surface area contributed by atoms with Gasteiger partial charge in [0.15, 0.2) is 0 Å². The summed E-state index contributed by atoms with van der Waals surface area (Å²) in [4.78, 5) is 2.36. The van der Waals surface area contributed by atoms with E-state index in [1.54, 1.807) is 7.11 Å². The Hall–Kier alpha value is -0.200. The molecule has 0 amide bonds. The lowest BCUT2D eigenvalue weighted by atomic mass is 10.0. The fourth-order valence-corrected chi connectivity index (χ4v) is 2.21. The number of methoxy groups -OCH3 is 1. The fourth-order valence-electron chi connectivity index (χ4n) is 2.21. The van der Waals surface area contributed by atoms with Crippen molar-refractivity contribution in [2.75, 3.05) is 59.8 Å². The van der Waals surface area contributed by atoms with Crippen molar-refractivity contribution in [3.8, 4) is 0 Å². The minimum Gasteiger partial charge on any atom is -0.384 e. The minimum atomic E-state index is 0.306. The summed E-state index contributed by atoms with van der Waals surface area (Å²) in [6, 6.07) is 0.306. The molecular weight excluding hydrogens is 244 g/mol. The molecule has 0 heterocycles. The molecule has 5 heteroatoms. The van der Waals surface area contributed by atoms with Crippen LogP contribution in [0.15, 0.2) is 0 Å². The summed E-state index contributed by atoms with van der Waals surface area (Å²) in [7, 11) is 1.73. The molecule has 0 aromatic carbocycles. The van der Waals surface area contributed by atoms with Gasteiger partial charge in [0.2, 0.25) is 0 Å². The van der Waals surface area contributed by atoms with Crippen LogP contribution in [0.3, 0.4) is 0 Å². The topological polar surface area (TPSA) is 57.0 Å². The lowest BCUT2D eigenvalue weighted by Crippen LogP contribution is -2.48. The van der Waals surface area contributed by atoms with Gasteiger partial charge in [-0.05, 0) is 19.8 Å². The van der Waals surface area contributed by atoms with Gasteiger partial charge in [-0.25, -0.2) is 0 Å². The number of ether oxygens (including phenoxy) is 3. The molecule has 0 aliphatic heterocycles. The van der Waals surface area contributed by atoms with E-state index in [9.17, 15) is 0 Å². The van der Waals surface area contributed by atoms with Gasteiger partial charge in [-0.2, -0.15) is 0 Å². The predicted octanol–water partition coefficient (Wildman–Crippen LogP) is 0.971. The molecule has 0 aliphatic carbocycles. The van der Waals surface area contributed by atoms with E-state index in [0.717, 1.165) is 46.1 Å². The van der Waals surface area contributed by atoms with E-state index < -0.39 is 0 Å². The van der Waals surface area contributed by atoms with Crippen LogP contribution < -0.4 is 5.73 Å². The Bertz CT molecular complexity index is 184. The number of nitrogens with two attached hydrogens (primary N) is 1. The summed E-state index contributed by atoms with van der Waals surface area (Å²) in [6.07, 6.45) is 0. The zero-order chi connectivity index (χ0) is 14.5. The Morgan fingerprint density at radius 3 is 1.95 bits per heavy atom. The maximum Gasteiger partial charge on any atom is 0.0593 e. The van der Waals surface area contributed by atoms with Crippen LogP contribution in [0, 0.1) is 5.92 Å². The first-order chi connectivity index (χ1) is 9.21. The predicted molar refractivity (Wildman–Crippen MR) is 78.4 cm³/mol. The Balaban J connectivity index is 4.36. The van der Waals surface area contributed by atoms with Crippen molar-refractivity contribution in [1.82, 2.24) is 4.90 Å². The van der Waals surface area contributed by atoms with Crippen molar-refractivity contribution < 1.29 is 14.2 Å². The number of nitrogens with zero attached hydrogens (tertiary/aromatic N) is 1. The summed E-state index contributed by atoms with van der Waals surface area (Å²) in [5.74, 6) is 0.401. The SMILES string of the molecule is CCOCCN(CCOCC)C(CN)C(C)COC. The first-order valence-corrected chi connectivity index (χ1v) is 7.29. The van der Waals surface area contributed by atoms with Crippen LogP contribution in [-0.2, 0) is 14.2 Å². The standard InChI is InChI=1S/C14H32N2O3/c1-5-18-9-7-16(8-10-19-6-2)14(11-15)13(3)12-17-4/h13-14H,5-12,15H2,1-4H3. The van der Waals surface area contributed by atoms with E-state index in [2.05, 4.69) is 11.8 Å². The van der Waals surface area contributed by atoms with Gasteiger partial charge >= 0.3 is 0 Å². The van der Waals surface area contributed by atoms with Crippen molar-refractivity contribution in [2.45, 2.75) is 26.8 Å². The molecule has 0 spiro atoms. The second kappa shape index (κ2) is 12.8. The maximum atomic E-state index is 5.93. The van der Waals surface area contributed by atoms with Crippen molar-refractivity contribution in [1.29, 1.82) is 0 Å². The molecule has 2 unspecified atom stereocenters. The van der Waals surface area contributed by atoms with Crippen LogP contribution >= 0.6 is 0 Å². The average Bonchev–Trinajstić information content (AvgIpc) is 2.40. The lowest BCUT2D eigenvalue weighted by molar-refractivity contribution is 0.0347. The third-order valence-electron chi connectivity index (χ3n) is 3.25. The second-order valence-corrected chi connectivity index (χ2v) is 4.67. The third-order valence-corrected chi connectivity index (χ3v) is 3.25. The van der Waals surface area contributed by atoms with Gasteiger partial charge in [-0.3, -0.25) is 4.90 Å². The quantitative estimate of drug-likeness (QED) is 0.508. The molecule has 0 aromatic rings. The highest BCUT2D eigenvalue weighted by Gasteiger charge is 2.22. The second-order valence-electron chi connectivity index (χ2n) is 4.67. The first kappa shape index (κ1) is 18.8. The summed E-state index contributed by atoms with van der Waals surface area (Å²) in [5.41, 5.74) is 5.93. The summed E-state index contributed by atoms with van der Waals surface area (Å²) in [5, 5.41) is 0. The van der Waals surface area contributed by atoms with Crippen LogP contribution in [-0.4, -0.2) is 70.7 Å². The largest absolute Gasteiger partial charge is 0.384 e. The van der Waals surface area contributed by atoms with Crippen molar-refractivity contribution in [3.63, 3.8) is 0 Å². The molecule has 0 aromatic heterocycles. The summed E-state index contributed by atoms with van der Waals surface area (Å²) < 4.78 is 16.1. The number of hydrogen-bond acceptors (Lipinski definition) is 5. The molecular formula is C14H32N2O3. The molecule has 0 radical (unpaired) electrons. The summed E-state index contributed by atoms with van der Waals surface area (Å²) in [6.45, 7) is 12.3. The molecule has 19 heavy (non-hydrogen) atoms. The zero-order valence-electron chi connectivity index (χ0n) is 13.1. The average molecular weight is 276 g/mol. The molecule has 0 saturated carbocycles. The van der Waals surface area contributed by atoms with Crippen molar-refractivity contribution in [2.24, 2.45) is 11.7 Å². The van der Waals surface area contributed by atoms with Gasteiger partial charge in [0, 0.05) is 46.0 Å². The van der Waals surface area contributed by atoms with Crippen LogP contribution in [0.5, 0.6) is 0 Å². The van der Waals surface area contributed by atoms with E-state index in [0.29, 0.717) is 18.5 Å². The molecule has 0 rings (SSSR count). The highest BCUT2D eigenvalue weighted by Crippen LogP contribution is 2.11. The van der Waals surface area contributed by atoms with E-state index in [1.165, 1.54) is 0 Å². The Labute approximate surface area is 118 Å². The molecule has 0 bridgehead atoms. The Morgan fingerprint density at radius 1 is 1.05 bits per heavy atom. The molecule has 5 nitrogen and oxygen atoms in total. The lowest BCUT2D eigenvalue weighted by Gasteiger charge is -2.34.